The molecule has 0 bridgehead atoms. The summed E-state index contributed by atoms with van der Waals surface area (Å²) in [5.74, 6) is 0.787. The SMILES string of the molecule is Cl.Cl.Cl.c1ncc(-c2cncc(OC[C@@H]3CCCN3)c2)cn1. The van der Waals surface area contributed by atoms with Crippen LogP contribution in [0, 0.1) is 0 Å². The van der Waals surface area contributed by atoms with Gasteiger partial charge in [-0.1, -0.05) is 0 Å². The van der Waals surface area contributed by atoms with Crippen LogP contribution in [0.1, 0.15) is 12.8 Å². The molecule has 1 saturated heterocycles. The number of hydrogen-bond donors (Lipinski definition) is 1. The molecule has 2 aromatic rings. The van der Waals surface area contributed by atoms with Gasteiger partial charge < -0.3 is 10.1 Å². The molecule has 8 heteroatoms. The Labute approximate surface area is 148 Å². The molecule has 1 N–H and O–H groups in total. The van der Waals surface area contributed by atoms with E-state index in [1.54, 1.807) is 24.8 Å². The largest absolute Gasteiger partial charge is 0.490 e. The lowest BCUT2D eigenvalue weighted by Crippen LogP contribution is -2.28. The van der Waals surface area contributed by atoms with Crippen molar-refractivity contribution in [2.45, 2.75) is 18.9 Å². The van der Waals surface area contributed by atoms with Gasteiger partial charge in [-0.2, -0.15) is 0 Å². The van der Waals surface area contributed by atoms with E-state index < -0.39 is 0 Å². The standard InChI is InChI=1S/C14H16N4O.3ClH/c1-2-13(18-3-1)9-19-14-4-11(5-15-8-14)12-6-16-10-17-7-12;;;/h4-8,10,13,18H,1-3,9H2;3*1H/t13-;;;/m0.../s1. The predicted molar refractivity (Wildman–Crippen MR) is 93.5 cm³/mol. The normalized spacial score (nSPS) is 15.9. The first-order valence-electron chi connectivity index (χ1n) is 6.48. The molecule has 0 amide bonds. The minimum Gasteiger partial charge on any atom is -0.490 e. The van der Waals surface area contributed by atoms with Gasteiger partial charge in [0.2, 0.25) is 0 Å². The Morgan fingerprint density at radius 1 is 1.00 bits per heavy atom. The second-order valence-electron chi connectivity index (χ2n) is 4.64. The van der Waals surface area contributed by atoms with E-state index in [-0.39, 0.29) is 37.2 Å². The zero-order chi connectivity index (χ0) is 12.9. The predicted octanol–water partition coefficient (Wildman–Crippen LogP) is 2.93. The molecule has 0 saturated carbocycles. The summed E-state index contributed by atoms with van der Waals surface area (Å²) in [6.07, 6.45) is 11.0. The van der Waals surface area contributed by atoms with Crippen molar-refractivity contribution in [2.75, 3.05) is 13.2 Å². The number of pyridine rings is 1. The average Bonchev–Trinajstić information content (AvgIpc) is 3.00. The molecule has 22 heavy (non-hydrogen) atoms. The van der Waals surface area contributed by atoms with Crippen molar-refractivity contribution in [1.82, 2.24) is 20.3 Å². The summed E-state index contributed by atoms with van der Waals surface area (Å²) in [7, 11) is 0. The second-order valence-corrected chi connectivity index (χ2v) is 4.64. The smallest absolute Gasteiger partial charge is 0.138 e. The fourth-order valence-corrected chi connectivity index (χ4v) is 2.20. The van der Waals surface area contributed by atoms with E-state index in [9.17, 15) is 0 Å². The number of halogens is 3. The lowest BCUT2D eigenvalue weighted by Gasteiger charge is -2.12. The van der Waals surface area contributed by atoms with E-state index in [0.29, 0.717) is 12.6 Å². The van der Waals surface area contributed by atoms with E-state index in [1.165, 1.54) is 19.2 Å². The minimum absolute atomic E-state index is 0. The highest BCUT2D eigenvalue weighted by Gasteiger charge is 2.14. The fraction of sp³-hybridized carbons (Fsp3) is 0.357. The molecule has 122 valence electrons. The third kappa shape index (κ3) is 5.57. The number of ether oxygens (including phenoxy) is 1. The van der Waals surface area contributed by atoms with Gasteiger partial charge in [-0.15, -0.1) is 37.2 Å². The Morgan fingerprint density at radius 3 is 2.41 bits per heavy atom. The lowest BCUT2D eigenvalue weighted by molar-refractivity contribution is 0.276. The van der Waals surface area contributed by atoms with Gasteiger partial charge in [0.1, 0.15) is 18.7 Å². The van der Waals surface area contributed by atoms with Crippen molar-refractivity contribution in [3.05, 3.63) is 37.2 Å². The number of nitrogens with one attached hydrogen (secondary N) is 1. The van der Waals surface area contributed by atoms with Gasteiger partial charge in [-0.05, 0) is 25.5 Å². The topological polar surface area (TPSA) is 59.9 Å². The van der Waals surface area contributed by atoms with E-state index in [1.807, 2.05) is 6.07 Å². The van der Waals surface area contributed by atoms with Crippen molar-refractivity contribution in [2.24, 2.45) is 0 Å². The molecule has 0 aromatic carbocycles. The summed E-state index contributed by atoms with van der Waals surface area (Å²) in [5.41, 5.74) is 1.91. The van der Waals surface area contributed by atoms with Crippen molar-refractivity contribution in [3.63, 3.8) is 0 Å². The van der Waals surface area contributed by atoms with Crippen LogP contribution in [0.2, 0.25) is 0 Å². The highest BCUT2D eigenvalue weighted by molar-refractivity contribution is 5.86. The summed E-state index contributed by atoms with van der Waals surface area (Å²) in [4.78, 5) is 12.2. The van der Waals surface area contributed by atoms with Crippen LogP contribution in [0.25, 0.3) is 11.1 Å². The first kappa shape index (κ1) is 20.9. The van der Waals surface area contributed by atoms with E-state index in [2.05, 4.69) is 20.3 Å². The average molecular weight is 366 g/mol. The van der Waals surface area contributed by atoms with Gasteiger partial charge >= 0.3 is 0 Å². The Kier molecular flexibility index (Phi) is 10.0. The maximum Gasteiger partial charge on any atom is 0.138 e. The van der Waals surface area contributed by atoms with Crippen LogP contribution in [0.5, 0.6) is 5.75 Å². The summed E-state index contributed by atoms with van der Waals surface area (Å²) in [6.45, 7) is 1.78. The molecule has 5 nitrogen and oxygen atoms in total. The Balaban J connectivity index is 0.00000147. The molecular formula is C14H19Cl3N4O. The van der Waals surface area contributed by atoms with Gasteiger partial charge in [-0.25, -0.2) is 9.97 Å². The summed E-state index contributed by atoms with van der Waals surface area (Å²) < 4.78 is 5.79. The van der Waals surface area contributed by atoms with Gasteiger partial charge in [0.25, 0.3) is 0 Å². The minimum atomic E-state index is 0. The molecular weight excluding hydrogens is 347 g/mol. The Morgan fingerprint density at radius 2 is 1.73 bits per heavy atom. The molecule has 2 aromatic heterocycles. The number of rotatable bonds is 4. The maximum absolute atomic E-state index is 5.79. The molecule has 0 unspecified atom stereocenters. The Bertz CT molecular complexity index is 539. The van der Waals surface area contributed by atoms with Crippen molar-refractivity contribution in [1.29, 1.82) is 0 Å². The molecule has 0 aliphatic carbocycles. The van der Waals surface area contributed by atoms with Crippen LogP contribution in [0.15, 0.2) is 37.2 Å². The Hall–Kier alpha value is -1.14. The molecule has 3 rings (SSSR count). The van der Waals surface area contributed by atoms with Gasteiger partial charge in [0.15, 0.2) is 0 Å². The van der Waals surface area contributed by atoms with Crippen LogP contribution in [0.3, 0.4) is 0 Å². The third-order valence-electron chi connectivity index (χ3n) is 3.22. The molecule has 3 heterocycles. The zero-order valence-corrected chi connectivity index (χ0v) is 14.3. The summed E-state index contributed by atoms with van der Waals surface area (Å²) in [6, 6.07) is 2.43. The summed E-state index contributed by atoms with van der Waals surface area (Å²) >= 11 is 0. The first-order valence-corrected chi connectivity index (χ1v) is 6.48. The highest BCUT2D eigenvalue weighted by atomic mass is 35.5. The number of aromatic nitrogens is 3. The van der Waals surface area contributed by atoms with E-state index in [0.717, 1.165) is 23.4 Å². The molecule has 0 spiro atoms. The summed E-state index contributed by atoms with van der Waals surface area (Å²) in [5, 5.41) is 3.41. The van der Waals surface area contributed by atoms with E-state index >= 15 is 0 Å². The number of hydrogen-bond acceptors (Lipinski definition) is 5. The quantitative estimate of drug-likeness (QED) is 0.902. The van der Waals surface area contributed by atoms with Crippen molar-refractivity contribution in [3.8, 4) is 16.9 Å². The zero-order valence-electron chi connectivity index (χ0n) is 11.8. The molecule has 1 fully saturated rings. The van der Waals surface area contributed by atoms with Gasteiger partial charge in [0, 0.05) is 35.8 Å². The molecule has 1 aliphatic heterocycles. The van der Waals surface area contributed by atoms with Crippen molar-refractivity contribution >= 4 is 37.2 Å². The molecule has 1 aliphatic rings. The molecule has 0 radical (unpaired) electrons. The van der Waals surface area contributed by atoms with Crippen LogP contribution in [-0.2, 0) is 0 Å². The number of nitrogens with zero attached hydrogens (tertiary/aromatic N) is 3. The van der Waals surface area contributed by atoms with Gasteiger partial charge in [0.05, 0.1) is 6.20 Å². The van der Waals surface area contributed by atoms with Crippen LogP contribution < -0.4 is 10.1 Å². The van der Waals surface area contributed by atoms with E-state index in [4.69, 9.17) is 4.74 Å². The van der Waals surface area contributed by atoms with Crippen LogP contribution in [0.4, 0.5) is 0 Å². The lowest BCUT2D eigenvalue weighted by atomic mass is 10.1. The third-order valence-corrected chi connectivity index (χ3v) is 3.22. The van der Waals surface area contributed by atoms with Crippen LogP contribution in [-0.4, -0.2) is 34.1 Å². The molecule has 1 atom stereocenters. The fourth-order valence-electron chi connectivity index (χ4n) is 2.20. The maximum atomic E-state index is 5.79. The first-order chi connectivity index (χ1) is 9.42. The van der Waals surface area contributed by atoms with Gasteiger partial charge in [-0.3, -0.25) is 4.98 Å². The van der Waals surface area contributed by atoms with Crippen molar-refractivity contribution < 1.29 is 4.74 Å². The highest BCUT2D eigenvalue weighted by Crippen LogP contribution is 2.21. The monoisotopic (exact) mass is 364 g/mol. The van der Waals surface area contributed by atoms with Crippen LogP contribution >= 0.6 is 37.2 Å². The second kappa shape index (κ2) is 10.6.